The molecule has 1 aliphatic heterocycles. The number of piperidine rings is 1. The Bertz CT molecular complexity index is 1840. The maximum atomic E-state index is 15.2. The number of rotatable bonds is 34. The largest absolute Gasteiger partial charge is 0.504 e. The van der Waals surface area contributed by atoms with Crippen molar-refractivity contribution in [3.8, 4) is 34.5 Å². The lowest BCUT2D eigenvalue weighted by molar-refractivity contribution is -0.293. The van der Waals surface area contributed by atoms with E-state index in [1.807, 2.05) is 27.7 Å². The minimum absolute atomic E-state index is 0.0444. The van der Waals surface area contributed by atoms with Crippen molar-refractivity contribution in [2.24, 2.45) is 5.92 Å². The maximum absolute atomic E-state index is 15.2. The number of aromatic hydroxyl groups is 1. The van der Waals surface area contributed by atoms with Crippen LogP contribution in [0.2, 0.25) is 0 Å². The van der Waals surface area contributed by atoms with Gasteiger partial charge in [-0.1, -0.05) is 156 Å². The second-order valence-corrected chi connectivity index (χ2v) is 20.5. The molecular weight excluding hydrogens is 847 g/mol. The first-order chi connectivity index (χ1) is 32.2. The van der Waals surface area contributed by atoms with Crippen LogP contribution in [0.4, 0.5) is 0 Å². The molecule has 4 rings (SSSR count). The van der Waals surface area contributed by atoms with Crippen molar-refractivity contribution in [3.05, 3.63) is 34.4 Å². The fourth-order valence-electron chi connectivity index (χ4n) is 9.77. The van der Waals surface area contributed by atoms with E-state index < -0.39 is 40.3 Å². The van der Waals surface area contributed by atoms with E-state index in [0.29, 0.717) is 19.8 Å². The highest BCUT2D eigenvalue weighted by Crippen LogP contribution is 2.51. The fourth-order valence-corrected chi connectivity index (χ4v) is 9.77. The van der Waals surface area contributed by atoms with Crippen molar-refractivity contribution >= 4 is 17.5 Å². The topological polar surface area (TPSA) is 141 Å². The van der Waals surface area contributed by atoms with Gasteiger partial charge in [0.15, 0.2) is 34.6 Å². The normalized spacial score (nSPS) is 15.6. The van der Waals surface area contributed by atoms with E-state index in [-0.39, 0.29) is 70.4 Å². The van der Waals surface area contributed by atoms with Crippen molar-refractivity contribution in [3.63, 3.8) is 0 Å². The molecule has 11 heteroatoms. The highest BCUT2D eigenvalue weighted by atomic mass is 16.6. The predicted octanol–water partition coefficient (Wildman–Crippen LogP) is 14.6. The third-order valence-electron chi connectivity index (χ3n) is 13.5. The highest BCUT2D eigenvalue weighted by molar-refractivity contribution is 6.31. The molecule has 2 aromatic rings. The van der Waals surface area contributed by atoms with Crippen LogP contribution < -0.4 is 23.7 Å². The molecule has 2 aliphatic rings. The minimum atomic E-state index is -0.868. The molecule has 2 aromatic carbocycles. The zero-order valence-electron chi connectivity index (χ0n) is 43.0. The molecule has 1 radical (unpaired) electrons. The van der Waals surface area contributed by atoms with Crippen molar-refractivity contribution in [2.75, 3.05) is 26.4 Å². The summed E-state index contributed by atoms with van der Waals surface area (Å²) in [7, 11) is 0. The molecule has 1 N–H and O–H groups in total. The number of ketones is 2. The number of hydroxylamine groups is 2. The zero-order valence-corrected chi connectivity index (χ0v) is 43.0. The zero-order chi connectivity index (χ0) is 48.8. The third-order valence-corrected chi connectivity index (χ3v) is 13.5. The molecule has 67 heavy (non-hydrogen) atoms. The third kappa shape index (κ3) is 16.1. The quantitative estimate of drug-likeness (QED) is 0.0349. The second kappa shape index (κ2) is 28.6. The van der Waals surface area contributed by atoms with Crippen LogP contribution in [0.25, 0.3) is 0 Å². The summed E-state index contributed by atoms with van der Waals surface area (Å²) >= 11 is 0. The average molecular weight is 935 g/mol. The van der Waals surface area contributed by atoms with Gasteiger partial charge in [0.05, 0.1) is 43.5 Å². The van der Waals surface area contributed by atoms with Gasteiger partial charge < -0.3 is 28.8 Å². The van der Waals surface area contributed by atoms with Gasteiger partial charge in [-0.3, -0.25) is 14.4 Å². The number of fused-ring (bicyclic) bond motifs is 2. The van der Waals surface area contributed by atoms with Gasteiger partial charge in [0, 0.05) is 22.2 Å². The number of nitrogens with zero attached hydrogens (tertiary/aromatic N) is 1. The van der Waals surface area contributed by atoms with E-state index in [2.05, 4.69) is 27.7 Å². The second-order valence-electron chi connectivity index (χ2n) is 20.5. The average Bonchev–Trinajstić information content (AvgIpc) is 3.29. The lowest BCUT2D eigenvalue weighted by Crippen LogP contribution is -2.59. The Morgan fingerprint density at radius 1 is 0.522 bits per heavy atom. The summed E-state index contributed by atoms with van der Waals surface area (Å²) in [5.41, 5.74) is -2.17. The van der Waals surface area contributed by atoms with Crippen molar-refractivity contribution in [1.29, 1.82) is 0 Å². The molecule has 1 saturated heterocycles. The minimum Gasteiger partial charge on any atom is -0.504 e. The summed E-state index contributed by atoms with van der Waals surface area (Å²) in [6.45, 7) is 17.2. The van der Waals surface area contributed by atoms with E-state index in [9.17, 15) is 19.9 Å². The van der Waals surface area contributed by atoms with Crippen LogP contribution in [0.3, 0.4) is 0 Å². The molecule has 0 unspecified atom stereocenters. The molecule has 377 valence electrons. The molecule has 0 atom stereocenters. The molecule has 0 saturated carbocycles. The smallest absolute Gasteiger partial charge is 0.314 e. The predicted molar refractivity (Wildman–Crippen MR) is 266 cm³/mol. The van der Waals surface area contributed by atoms with Crippen LogP contribution >= 0.6 is 0 Å². The molecule has 1 fully saturated rings. The summed E-state index contributed by atoms with van der Waals surface area (Å²) in [6, 6.07) is 3.02. The summed E-state index contributed by atoms with van der Waals surface area (Å²) < 4.78 is 32.0. The summed E-state index contributed by atoms with van der Waals surface area (Å²) in [5, 5.41) is 26.5. The first-order valence-electron chi connectivity index (χ1n) is 26.6. The number of esters is 1. The van der Waals surface area contributed by atoms with E-state index in [4.69, 9.17) is 23.7 Å². The molecule has 0 aromatic heterocycles. The van der Waals surface area contributed by atoms with Crippen LogP contribution in [0.1, 0.15) is 254 Å². The van der Waals surface area contributed by atoms with E-state index >= 15 is 4.79 Å². The molecule has 1 aliphatic carbocycles. The molecule has 11 nitrogen and oxygen atoms in total. The molecule has 1 heterocycles. The Hall–Kier alpha value is -3.83. The van der Waals surface area contributed by atoms with Gasteiger partial charge >= 0.3 is 5.97 Å². The SMILES string of the molecule is CCCCCCCCOc1cc2c(c(O)c1OCCCCCCCC)C(=O)c1cc(OCCCCCCCC)c(OCCCCCCCC)c(OC(=O)C3CC(C)(C)N([O])C(C)(C)C3)c1C2=O. The number of phenolic OH excluding ortho intramolecular Hbond substituents is 1. The van der Waals surface area contributed by atoms with Gasteiger partial charge in [-0.15, -0.1) is 10.3 Å². The maximum Gasteiger partial charge on any atom is 0.314 e. The monoisotopic (exact) mass is 935 g/mol. The Morgan fingerprint density at radius 3 is 1.30 bits per heavy atom. The van der Waals surface area contributed by atoms with Crippen molar-refractivity contribution in [2.45, 2.75) is 233 Å². The van der Waals surface area contributed by atoms with Crippen molar-refractivity contribution < 1.29 is 48.4 Å². The molecule has 0 amide bonds. The number of carbonyl (C=O) groups is 3. The van der Waals surface area contributed by atoms with E-state index in [1.54, 1.807) is 0 Å². The molecular formula is C56H88NO10. The Kier molecular flexibility index (Phi) is 23.8. The van der Waals surface area contributed by atoms with E-state index in [1.165, 1.54) is 31.4 Å². The van der Waals surface area contributed by atoms with Crippen LogP contribution in [0.15, 0.2) is 12.1 Å². The van der Waals surface area contributed by atoms with Gasteiger partial charge in [-0.05, 0) is 78.4 Å². The number of ether oxygens (including phenoxy) is 5. The summed E-state index contributed by atoms with van der Waals surface area (Å²) in [6.07, 6.45) is 25.4. The standard InChI is InChI=1S/C56H88NO10/c1-9-13-17-21-25-29-33-63-44-37-42-46(50(60)51(44)65-35-31-27-23-19-15-11-3)48(58)43-38-45(64-34-30-26-22-18-14-10-2)52(66-36-32-28-24-20-16-12-4)53(47(43)49(42)59)67-54(61)41-39-55(5,6)57(62)56(7,8)40-41/h37-38,41,60H,9-36,39-40H2,1-8H3. The highest BCUT2D eigenvalue weighted by Gasteiger charge is 2.49. The lowest BCUT2D eigenvalue weighted by Gasteiger charge is -2.49. The molecule has 0 bridgehead atoms. The van der Waals surface area contributed by atoms with Gasteiger partial charge in [-0.25, -0.2) is 0 Å². The van der Waals surface area contributed by atoms with Gasteiger partial charge in [0.2, 0.25) is 11.5 Å². The Morgan fingerprint density at radius 2 is 0.866 bits per heavy atom. The Labute approximate surface area is 404 Å². The van der Waals surface area contributed by atoms with Crippen LogP contribution in [0.5, 0.6) is 34.5 Å². The van der Waals surface area contributed by atoms with Gasteiger partial charge in [0.1, 0.15) is 0 Å². The number of phenols is 1. The summed E-state index contributed by atoms with van der Waals surface area (Å²) in [5.74, 6) is -2.65. The first kappa shape index (κ1) is 55.8. The van der Waals surface area contributed by atoms with Crippen LogP contribution in [0, 0.1) is 5.92 Å². The van der Waals surface area contributed by atoms with Crippen LogP contribution in [-0.2, 0) is 10.0 Å². The number of unbranched alkanes of at least 4 members (excludes halogenated alkanes) is 20. The Balaban J connectivity index is 1.82. The molecule has 0 spiro atoms. The number of hydrogen-bond acceptors (Lipinski definition) is 10. The number of carbonyl (C=O) groups excluding carboxylic acids is 3. The fraction of sp³-hybridized carbons (Fsp3) is 0.732. The van der Waals surface area contributed by atoms with Crippen LogP contribution in [-0.4, -0.2) is 65.2 Å². The van der Waals surface area contributed by atoms with Crippen molar-refractivity contribution in [1.82, 2.24) is 5.06 Å². The first-order valence-corrected chi connectivity index (χ1v) is 26.6. The van der Waals surface area contributed by atoms with E-state index in [0.717, 1.165) is 140 Å². The number of benzene rings is 2. The van der Waals surface area contributed by atoms with Gasteiger partial charge in [-0.2, -0.15) is 0 Å². The van der Waals surface area contributed by atoms with Gasteiger partial charge in [0.25, 0.3) is 0 Å². The lowest BCUT2D eigenvalue weighted by atomic mass is 9.75. The number of hydrogen-bond donors (Lipinski definition) is 1. The summed E-state index contributed by atoms with van der Waals surface area (Å²) in [4.78, 5) is 44.7.